The average Bonchev–Trinajstić information content (AvgIpc) is 2.94. The van der Waals surface area contributed by atoms with Gasteiger partial charge in [-0.2, -0.15) is 0 Å². The Labute approximate surface area is 199 Å². The van der Waals surface area contributed by atoms with Gasteiger partial charge in [0.25, 0.3) is 5.91 Å². The van der Waals surface area contributed by atoms with Crippen LogP contribution in [0.25, 0.3) is 0 Å². The third-order valence-corrected chi connectivity index (χ3v) is 7.13. The van der Waals surface area contributed by atoms with Gasteiger partial charge in [0.1, 0.15) is 0 Å². The molecule has 2 aliphatic heterocycles. The number of hydrogen-bond acceptors (Lipinski definition) is 4. The summed E-state index contributed by atoms with van der Waals surface area (Å²) >= 11 is 0. The third kappa shape index (κ3) is 3.00. The summed E-state index contributed by atoms with van der Waals surface area (Å²) in [6, 6.07) is 25.7. The lowest BCUT2D eigenvalue weighted by Crippen LogP contribution is -2.50. The van der Waals surface area contributed by atoms with Gasteiger partial charge in [-0.3, -0.25) is 9.59 Å². The second-order valence-corrected chi connectivity index (χ2v) is 10.2. The van der Waals surface area contributed by atoms with Crippen LogP contribution in [0.2, 0.25) is 0 Å². The van der Waals surface area contributed by atoms with Crippen molar-refractivity contribution < 1.29 is 9.59 Å². The van der Waals surface area contributed by atoms with Crippen molar-refractivity contribution in [1.82, 2.24) is 0 Å². The van der Waals surface area contributed by atoms with E-state index < -0.39 is 5.54 Å². The maximum atomic E-state index is 14.5. The van der Waals surface area contributed by atoms with E-state index in [0.29, 0.717) is 25.0 Å². The number of hydrogen-bond donors (Lipinski definition) is 2. The number of benzene rings is 3. The zero-order valence-corrected chi connectivity index (χ0v) is 19.4. The van der Waals surface area contributed by atoms with E-state index in [0.717, 1.165) is 33.9 Å². The molecular formula is C29H27N3O2. The summed E-state index contributed by atoms with van der Waals surface area (Å²) in [5, 5.41) is 7.12. The number of rotatable bonds is 2. The predicted octanol–water partition coefficient (Wildman–Crippen LogP) is 5.61. The summed E-state index contributed by atoms with van der Waals surface area (Å²) in [5.74, 6) is -0.0969. The highest BCUT2D eigenvalue weighted by Crippen LogP contribution is 2.53. The van der Waals surface area contributed by atoms with Gasteiger partial charge >= 0.3 is 0 Å². The topological polar surface area (TPSA) is 61.4 Å². The van der Waals surface area contributed by atoms with Crippen molar-refractivity contribution in [1.29, 1.82) is 0 Å². The number of carbonyl (C=O) groups is 2. The minimum atomic E-state index is -1.27. The van der Waals surface area contributed by atoms with Gasteiger partial charge in [-0.1, -0.05) is 74.5 Å². The smallest absolute Gasteiger partial charge is 0.262 e. The molecule has 5 nitrogen and oxygen atoms in total. The largest absolute Gasteiger partial charge is 0.362 e. The minimum Gasteiger partial charge on any atom is -0.362 e. The normalized spacial score (nSPS) is 22.5. The van der Waals surface area contributed by atoms with E-state index >= 15 is 0 Å². The first-order valence-corrected chi connectivity index (χ1v) is 11.8. The quantitative estimate of drug-likeness (QED) is 0.534. The van der Waals surface area contributed by atoms with Crippen LogP contribution in [0.5, 0.6) is 0 Å². The summed E-state index contributed by atoms with van der Waals surface area (Å²) in [4.78, 5) is 30.2. The van der Waals surface area contributed by atoms with Crippen LogP contribution in [-0.2, 0) is 21.7 Å². The van der Waals surface area contributed by atoms with E-state index in [1.807, 2.05) is 83.8 Å². The molecule has 0 radical (unpaired) electrons. The van der Waals surface area contributed by atoms with Crippen LogP contribution in [0.3, 0.4) is 0 Å². The number of nitrogens with one attached hydrogen (secondary N) is 2. The fraction of sp³-hybridized carbons (Fsp3) is 0.241. The van der Waals surface area contributed by atoms with Crippen LogP contribution in [0.15, 0.2) is 90.1 Å². The molecule has 3 aliphatic rings. The molecule has 0 aromatic heterocycles. The zero-order valence-electron chi connectivity index (χ0n) is 19.4. The molecule has 6 rings (SSSR count). The first-order chi connectivity index (χ1) is 16.4. The minimum absolute atomic E-state index is 0.0174. The molecule has 1 amide bonds. The first kappa shape index (κ1) is 20.7. The monoisotopic (exact) mass is 449 g/mol. The SMILES string of the molecule is CC1(C)CC(=O)C2=C(C1)Nc1ccccc1NC21C(=O)N(Cc2ccccc2)c2ccccc21. The number of allylic oxidation sites excluding steroid dienone is 1. The van der Waals surface area contributed by atoms with E-state index in [1.54, 1.807) is 0 Å². The number of amides is 1. The van der Waals surface area contributed by atoms with Gasteiger partial charge in [0.15, 0.2) is 11.3 Å². The van der Waals surface area contributed by atoms with Gasteiger partial charge in [0.2, 0.25) is 0 Å². The van der Waals surface area contributed by atoms with Crippen LogP contribution >= 0.6 is 0 Å². The highest BCUT2D eigenvalue weighted by molar-refractivity contribution is 6.19. The average molecular weight is 450 g/mol. The molecule has 170 valence electrons. The fourth-order valence-corrected chi connectivity index (χ4v) is 5.73. The zero-order chi connectivity index (χ0) is 23.5. The molecule has 0 bridgehead atoms. The Balaban J connectivity index is 1.60. The lowest BCUT2D eigenvalue weighted by atomic mass is 9.69. The number of nitrogens with zero attached hydrogens (tertiary/aromatic N) is 1. The van der Waals surface area contributed by atoms with E-state index in [1.165, 1.54) is 0 Å². The standard InChI is InChI=1S/C29H27N3O2/c1-28(2)16-23-26(25(33)17-28)29(31-22-14-8-7-13-21(22)30-23)20-12-6-9-15-24(20)32(27(29)34)18-19-10-4-3-5-11-19/h3-15,30-31H,16-18H2,1-2H3. The lowest BCUT2D eigenvalue weighted by Gasteiger charge is -2.38. The molecule has 3 aromatic rings. The molecule has 0 fully saturated rings. The molecule has 3 aromatic carbocycles. The highest BCUT2D eigenvalue weighted by Gasteiger charge is 2.58. The molecule has 1 unspecified atom stereocenters. The van der Waals surface area contributed by atoms with Crippen LogP contribution in [0.4, 0.5) is 17.1 Å². The van der Waals surface area contributed by atoms with E-state index in [-0.39, 0.29) is 17.1 Å². The fourth-order valence-electron chi connectivity index (χ4n) is 5.73. The van der Waals surface area contributed by atoms with Crippen molar-refractivity contribution in [3.8, 4) is 0 Å². The Bertz CT molecular complexity index is 1360. The van der Waals surface area contributed by atoms with E-state index in [4.69, 9.17) is 0 Å². The predicted molar refractivity (Wildman–Crippen MR) is 134 cm³/mol. The summed E-state index contributed by atoms with van der Waals surface area (Å²) in [7, 11) is 0. The number of anilines is 3. The molecule has 0 saturated carbocycles. The molecule has 1 spiro atoms. The molecular weight excluding hydrogens is 422 g/mol. The number of Topliss-reactive ketones (excluding diaryl/α,β-unsaturated/α-hetero) is 1. The van der Waals surface area contributed by atoms with Gasteiger partial charge in [0.05, 0.1) is 29.2 Å². The molecule has 5 heteroatoms. The Morgan fingerprint density at radius 1 is 0.824 bits per heavy atom. The molecule has 0 saturated heterocycles. The second-order valence-electron chi connectivity index (χ2n) is 10.2. The molecule has 2 N–H and O–H groups in total. The molecule has 1 atom stereocenters. The Morgan fingerprint density at radius 2 is 1.50 bits per heavy atom. The van der Waals surface area contributed by atoms with Gasteiger partial charge in [-0.05, 0) is 35.6 Å². The summed E-state index contributed by atoms with van der Waals surface area (Å²) in [6.45, 7) is 4.66. The maximum Gasteiger partial charge on any atom is 0.262 e. The van der Waals surface area contributed by atoms with Crippen LogP contribution in [0.1, 0.15) is 37.8 Å². The van der Waals surface area contributed by atoms with Crippen molar-refractivity contribution >= 4 is 28.8 Å². The third-order valence-electron chi connectivity index (χ3n) is 7.13. The molecule has 1 aliphatic carbocycles. The van der Waals surface area contributed by atoms with Gasteiger partial charge < -0.3 is 15.5 Å². The maximum absolute atomic E-state index is 14.5. The Kier molecular flexibility index (Phi) is 4.46. The van der Waals surface area contributed by atoms with Gasteiger partial charge in [-0.25, -0.2) is 0 Å². The number of carbonyl (C=O) groups excluding carboxylic acids is 2. The van der Waals surface area contributed by atoms with E-state index in [9.17, 15) is 9.59 Å². The van der Waals surface area contributed by atoms with Crippen LogP contribution in [-0.4, -0.2) is 11.7 Å². The van der Waals surface area contributed by atoms with Crippen LogP contribution < -0.4 is 15.5 Å². The number of para-hydroxylation sites is 3. The van der Waals surface area contributed by atoms with Gasteiger partial charge in [0, 0.05) is 17.7 Å². The molecule has 2 heterocycles. The van der Waals surface area contributed by atoms with Crippen molar-refractivity contribution in [3.63, 3.8) is 0 Å². The van der Waals surface area contributed by atoms with Crippen molar-refractivity contribution in [2.45, 2.75) is 38.8 Å². The van der Waals surface area contributed by atoms with Crippen molar-refractivity contribution in [2.24, 2.45) is 5.41 Å². The highest BCUT2D eigenvalue weighted by atomic mass is 16.2. The summed E-state index contributed by atoms with van der Waals surface area (Å²) in [5.41, 5.74) is 4.33. The second kappa shape index (κ2) is 7.32. The van der Waals surface area contributed by atoms with Crippen molar-refractivity contribution in [2.75, 3.05) is 15.5 Å². The molecule has 34 heavy (non-hydrogen) atoms. The first-order valence-electron chi connectivity index (χ1n) is 11.8. The Morgan fingerprint density at radius 3 is 2.29 bits per heavy atom. The number of ketones is 1. The van der Waals surface area contributed by atoms with Crippen molar-refractivity contribution in [3.05, 3.63) is 101 Å². The van der Waals surface area contributed by atoms with Gasteiger partial charge in [-0.15, -0.1) is 0 Å². The Hall–Kier alpha value is -3.86. The summed E-state index contributed by atoms with van der Waals surface area (Å²) < 4.78 is 0. The lowest BCUT2D eigenvalue weighted by molar-refractivity contribution is -0.125. The summed E-state index contributed by atoms with van der Waals surface area (Å²) in [6.07, 6.45) is 1.10. The van der Waals surface area contributed by atoms with Crippen LogP contribution in [0, 0.1) is 5.41 Å². The number of fused-ring (bicyclic) bond motifs is 4. The van der Waals surface area contributed by atoms with E-state index in [2.05, 4.69) is 24.5 Å².